The van der Waals surface area contributed by atoms with Gasteiger partial charge in [0.25, 0.3) is 0 Å². The first kappa shape index (κ1) is 17.5. The number of carbonyl (C=O) groups excluding carboxylic acids is 1. The Balaban J connectivity index is 2.19. The number of carboxylic acids is 1. The highest BCUT2D eigenvalue weighted by Gasteiger charge is 2.33. The van der Waals surface area contributed by atoms with E-state index in [9.17, 15) is 18.0 Å². The molecule has 1 N–H and O–H groups in total. The average molecular weight is 344 g/mol. The molecule has 23 heavy (non-hydrogen) atoms. The summed E-state index contributed by atoms with van der Waals surface area (Å²) in [6, 6.07) is 1.29. The number of hydrogen-bond donors (Lipinski definition) is 1. The number of esters is 1. The molecule has 128 valence electrons. The molecular formula is C14H20N2O6S. The summed E-state index contributed by atoms with van der Waals surface area (Å²) in [5.74, 6) is -1.99. The van der Waals surface area contributed by atoms with Crippen LogP contribution in [0.4, 0.5) is 0 Å². The highest BCUT2D eigenvalue weighted by atomic mass is 32.2. The molecule has 8 nitrogen and oxygen atoms in total. The van der Waals surface area contributed by atoms with Gasteiger partial charge in [0.05, 0.1) is 12.5 Å². The highest BCUT2D eigenvalue weighted by molar-refractivity contribution is 7.89. The minimum Gasteiger partial charge on any atom is -0.481 e. The topological polar surface area (TPSA) is 106 Å². The predicted octanol–water partition coefficient (Wildman–Crippen LogP) is 0.687. The Labute approximate surface area is 134 Å². The molecule has 1 fully saturated rings. The van der Waals surface area contributed by atoms with Crippen LogP contribution in [0.5, 0.6) is 0 Å². The van der Waals surface area contributed by atoms with Gasteiger partial charge in [-0.1, -0.05) is 0 Å². The molecule has 0 atom stereocenters. The zero-order valence-electron chi connectivity index (χ0n) is 13.1. The van der Waals surface area contributed by atoms with Gasteiger partial charge < -0.3 is 14.4 Å². The van der Waals surface area contributed by atoms with Crippen molar-refractivity contribution in [3.05, 3.63) is 18.0 Å². The van der Waals surface area contributed by atoms with E-state index in [4.69, 9.17) is 9.84 Å². The number of aliphatic carboxylic acids is 1. The Bertz CT molecular complexity index is 701. The summed E-state index contributed by atoms with van der Waals surface area (Å²) >= 11 is 0. The molecule has 0 bridgehead atoms. The van der Waals surface area contributed by atoms with Crippen LogP contribution in [0.15, 0.2) is 17.2 Å². The first-order valence-electron chi connectivity index (χ1n) is 7.33. The van der Waals surface area contributed by atoms with E-state index in [0.717, 1.165) is 0 Å². The van der Waals surface area contributed by atoms with Crippen molar-refractivity contribution in [2.45, 2.75) is 24.7 Å². The molecule has 2 rings (SSSR count). The van der Waals surface area contributed by atoms with Gasteiger partial charge in [0, 0.05) is 26.3 Å². The van der Waals surface area contributed by atoms with Crippen LogP contribution in [-0.2, 0) is 26.6 Å². The summed E-state index contributed by atoms with van der Waals surface area (Å²) in [5, 5.41) is 8.97. The lowest BCUT2D eigenvalue weighted by molar-refractivity contribution is -0.142. The molecule has 1 saturated heterocycles. The van der Waals surface area contributed by atoms with Gasteiger partial charge in [-0.15, -0.1) is 0 Å². The Kier molecular flexibility index (Phi) is 5.10. The van der Waals surface area contributed by atoms with Crippen LogP contribution in [0.25, 0.3) is 0 Å². The maximum Gasteiger partial charge on any atom is 0.354 e. The van der Waals surface area contributed by atoms with Crippen molar-refractivity contribution < 1.29 is 27.9 Å². The molecule has 9 heteroatoms. The summed E-state index contributed by atoms with van der Waals surface area (Å²) in [4.78, 5) is 22.7. The van der Waals surface area contributed by atoms with Crippen LogP contribution in [-0.4, -0.2) is 54.0 Å². The molecular weight excluding hydrogens is 324 g/mol. The van der Waals surface area contributed by atoms with Gasteiger partial charge in [-0.3, -0.25) is 4.79 Å². The normalized spacial score (nSPS) is 17.1. The second-order valence-corrected chi connectivity index (χ2v) is 7.35. The third-order valence-electron chi connectivity index (χ3n) is 3.91. The fourth-order valence-electron chi connectivity index (χ4n) is 2.58. The first-order chi connectivity index (χ1) is 10.8. The van der Waals surface area contributed by atoms with E-state index in [1.54, 1.807) is 14.0 Å². The van der Waals surface area contributed by atoms with E-state index in [2.05, 4.69) is 0 Å². The minimum atomic E-state index is -3.75. The van der Waals surface area contributed by atoms with E-state index < -0.39 is 27.9 Å². The van der Waals surface area contributed by atoms with Gasteiger partial charge in [-0.25, -0.2) is 13.2 Å². The maximum atomic E-state index is 12.6. The zero-order chi connectivity index (χ0) is 17.2. The zero-order valence-corrected chi connectivity index (χ0v) is 13.9. The number of ether oxygens (including phenoxy) is 1. The first-order valence-corrected chi connectivity index (χ1v) is 8.77. The third-order valence-corrected chi connectivity index (χ3v) is 5.77. The number of rotatable bonds is 5. The molecule has 2 heterocycles. The minimum absolute atomic E-state index is 0.0110. The van der Waals surface area contributed by atoms with Gasteiger partial charge in [0.2, 0.25) is 10.0 Å². The van der Waals surface area contributed by atoms with Crippen LogP contribution in [0.1, 0.15) is 30.3 Å². The number of carboxylic acid groups (broad SMARTS) is 1. The van der Waals surface area contributed by atoms with Crippen molar-refractivity contribution in [1.29, 1.82) is 0 Å². The predicted molar refractivity (Wildman–Crippen MR) is 80.5 cm³/mol. The van der Waals surface area contributed by atoms with Crippen LogP contribution in [0, 0.1) is 5.92 Å². The number of aromatic nitrogens is 1. The summed E-state index contributed by atoms with van der Waals surface area (Å²) < 4.78 is 32.8. The van der Waals surface area contributed by atoms with Crippen LogP contribution < -0.4 is 0 Å². The maximum absolute atomic E-state index is 12.6. The average Bonchev–Trinajstić information content (AvgIpc) is 2.90. The van der Waals surface area contributed by atoms with Crippen molar-refractivity contribution in [1.82, 2.24) is 8.87 Å². The molecule has 1 aromatic heterocycles. The molecule has 0 aromatic carbocycles. The smallest absolute Gasteiger partial charge is 0.354 e. The Morgan fingerprint density at radius 1 is 1.35 bits per heavy atom. The monoisotopic (exact) mass is 344 g/mol. The summed E-state index contributed by atoms with van der Waals surface area (Å²) in [7, 11) is -2.18. The number of piperidine rings is 1. The lowest BCUT2D eigenvalue weighted by Crippen LogP contribution is -2.40. The molecule has 0 saturated carbocycles. The van der Waals surface area contributed by atoms with Crippen molar-refractivity contribution in [2.75, 3.05) is 19.7 Å². The molecule has 1 aliphatic heterocycles. The van der Waals surface area contributed by atoms with Gasteiger partial charge >= 0.3 is 11.9 Å². The van der Waals surface area contributed by atoms with Crippen LogP contribution in [0.3, 0.4) is 0 Å². The van der Waals surface area contributed by atoms with E-state index in [1.165, 1.54) is 21.1 Å². The van der Waals surface area contributed by atoms with E-state index in [0.29, 0.717) is 0 Å². The highest BCUT2D eigenvalue weighted by Crippen LogP contribution is 2.25. The number of sulfonamides is 1. The molecule has 1 aromatic rings. The van der Waals surface area contributed by atoms with Crippen molar-refractivity contribution in [2.24, 2.45) is 13.0 Å². The lowest BCUT2D eigenvalue weighted by atomic mass is 9.99. The van der Waals surface area contributed by atoms with E-state index >= 15 is 0 Å². The number of nitrogens with zero attached hydrogens (tertiary/aromatic N) is 2. The van der Waals surface area contributed by atoms with Gasteiger partial charge in [0.1, 0.15) is 10.6 Å². The molecule has 0 radical (unpaired) electrons. The molecule has 0 spiro atoms. The molecule has 0 aliphatic carbocycles. The second-order valence-electron chi connectivity index (χ2n) is 5.41. The van der Waals surface area contributed by atoms with Crippen molar-refractivity contribution in [3.8, 4) is 0 Å². The van der Waals surface area contributed by atoms with Gasteiger partial charge in [-0.05, 0) is 25.8 Å². The van der Waals surface area contributed by atoms with Crippen LogP contribution in [0.2, 0.25) is 0 Å². The standard InChI is InChI=1S/C14H20N2O6S/c1-3-22-14(19)12-8-11(9-15(12)2)23(20,21)16-6-4-10(5-7-16)13(17)18/h8-10H,3-7H2,1-2H3,(H,17,18). The van der Waals surface area contributed by atoms with Crippen LogP contribution >= 0.6 is 0 Å². The van der Waals surface area contributed by atoms with Crippen molar-refractivity contribution >= 4 is 22.0 Å². The second kappa shape index (κ2) is 6.71. The fourth-order valence-corrected chi connectivity index (χ4v) is 4.12. The SMILES string of the molecule is CCOC(=O)c1cc(S(=O)(=O)N2CCC(C(=O)O)CC2)cn1C. The summed E-state index contributed by atoms with van der Waals surface area (Å²) in [5.41, 5.74) is 0.158. The van der Waals surface area contributed by atoms with Gasteiger partial charge in [-0.2, -0.15) is 4.31 Å². The van der Waals surface area contributed by atoms with E-state index in [-0.39, 0.29) is 43.1 Å². The Morgan fingerprint density at radius 2 is 1.96 bits per heavy atom. The van der Waals surface area contributed by atoms with Gasteiger partial charge in [0.15, 0.2) is 0 Å². The number of carbonyl (C=O) groups is 2. The summed E-state index contributed by atoms with van der Waals surface area (Å²) in [6.07, 6.45) is 1.93. The molecule has 1 aliphatic rings. The largest absolute Gasteiger partial charge is 0.481 e. The Hall–Kier alpha value is -1.87. The molecule has 0 unspecified atom stereocenters. The third kappa shape index (κ3) is 3.56. The van der Waals surface area contributed by atoms with Crippen molar-refractivity contribution in [3.63, 3.8) is 0 Å². The Morgan fingerprint density at radius 3 is 2.48 bits per heavy atom. The summed E-state index contributed by atoms with van der Waals surface area (Å²) in [6.45, 7) is 2.19. The quantitative estimate of drug-likeness (QED) is 0.788. The lowest BCUT2D eigenvalue weighted by Gasteiger charge is -2.28. The number of hydrogen-bond acceptors (Lipinski definition) is 5. The number of aryl methyl sites for hydroxylation is 1. The van der Waals surface area contributed by atoms with E-state index in [1.807, 2.05) is 0 Å². The molecule has 0 amide bonds. The fraction of sp³-hybridized carbons (Fsp3) is 0.571.